The van der Waals surface area contributed by atoms with Crippen molar-refractivity contribution < 1.29 is 22.6 Å². The number of ether oxygens (including phenoxy) is 2. The Hall–Kier alpha value is -2.68. The fraction of sp³-hybridized carbons (Fsp3) is 0.316. The molecule has 28 heavy (non-hydrogen) atoms. The molecule has 1 aliphatic rings. The van der Waals surface area contributed by atoms with Crippen LogP contribution in [0.2, 0.25) is 0 Å². The zero-order chi connectivity index (χ0) is 20.1. The lowest BCUT2D eigenvalue weighted by atomic mass is 10.2. The number of rotatable bonds is 4. The monoisotopic (exact) mass is 411 g/mol. The van der Waals surface area contributed by atoms with E-state index in [1.54, 1.807) is 7.11 Å². The second-order valence-corrected chi connectivity index (χ2v) is 6.56. The van der Waals surface area contributed by atoms with Gasteiger partial charge in [0, 0.05) is 43.6 Å². The third kappa shape index (κ3) is 5.41. The first kappa shape index (κ1) is 20.1. The molecule has 1 fully saturated rings. The van der Waals surface area contributed by atoms with E-state index in [4.69, 9.17) is 17.0 Å². The van der Waals surface area contributed by atoms with E-state index in [9.17, 15) is 13.2 Å². The Morgan fingerprint density at radius 3 is 2.29 bits per heavy atom. The highest BCUT2D eigenvalue weighted by Gasteiger charge is 2.31. The number of thiocarbonyl (C=S) groups is 1. The topological polar surface area (TPSA) is 37.0 Å². The maximum atomic E-state index is 12.2. The van der Waals surface area contributed by atoms with Gasteiger partial charge < -0.3 is 24.6 Å². The highest BCUT2D eigenvalue weighted by molar-refractivity contribution is 7.80. The van der Waals surface area contributed by atoms with Gasteiger partial charge in [-0.05, 0) is 48.6 Å². The van der Waals surface area contributed by atoms with E-state index in [-0.39, 0.29) is 5.75 Å². The number of hydrogen-bond donors (Lipinski definition) is 1. The lowest BCUT2D eigenvalue weighted by Gasteiger charge is -2.37. The summed E-state index contributed by atoms with van der Waals surface area (Å²) in [5.41, 5.74) is 1.70. The molecule has 1 aliphatic heterocycles. The number of piperazine rings is 1. The van der Waals surface area contributed by atoms with Crippen LogP contribution in [0.1, 0.15) is 0 Å². The minimum Gasteiger partial charge on any atom is -0.497 e. The molecule has 0 saturated carbocycles. The number of hydrogen-bond acceptors (Lipinski definition) is 4. The number of benzene rings is 2. The number of alkyl halides is 3. The van der Waals surface area contributed by atoms with Crippen LogP contribution in [-0.4, -0.2) is 49.7 Å². The lowest BCUT2D eigenvalue weighted by molar-refractivity contribution is -0.274. The molecule has 1 saturated heterocycles. The molecule has 0 amide bonds. The first-order chi connectivity index (χ1) is 13.3. The number of nitrogens with zero attached hydrogens (tertiary/aromatic N) is 2. The molecule has 1 heterocycles. The first-order valence-electron chi connectivity index (χ1n) is 8.65. The van der Waals surface area contributed by atoms with Crippen molar-refractivity contribution in [3.8, 4) is 11.5 Å². The van der Waals surface area contributed by atoms with Crippen molar-refractivity contribution in [2.24, 2.45) is 0 Å². The predicted molar refractivity (Wildman–Crippen MR) is 106 cm³/mol. The normalized spacial score (nSPS) is 14.6. The summed E-state index contributed by atoms with van der Waals surface area (Å²) >= 11 is 5.44. The molecular weight excluding hydrogens is 391 g/mol. The first-order valence-corrected chi connectivity index (χ1v) is 9.05. The summed E-state index contributed by atoms with van der Waals surface area (Å²) in [6.07, 6.45) is -4.70. The summed E-state index contributed by atoms with van der Waals surface area (Å²) in [6, 6.07) is 13.4. The van der Waals surface area contributed by atoms with Crippen molar-refractivity contribution in [3.63, 3.8) is 0 Å². The molecule has 0 radical (unpaired) electrons. The summed E-state index contributed by atoms with van der Waals surface area (Å²) in [6.45, 7) is 3.07. The second-order valence-electron chi connectivity index (χ2n) is 6.18. The molecule has 0 aliphatic carbocycles. The van der Waals surface area contributed by atoms with Crippen LogP contribution in [0.25, 0.3) is 0 Å². The Balaban J connectivity index is 1.52. The molecule has 2 aromatic carbocycles. The molecule has 1 N–H and O–H groups in total. The minimum absolute atomic E-state index is 0.268. The Labute approximate surface area is 166 Å². The van der Waals surface area contributed by atoms with Crippen LogP contribution >= 0.6 is 12.2 Å². The Morgan fingerprint density at radius 2 is 1.68 bits per heavy atom. The molecule has 0 aromatic heterocycles. The van der Waals surface area contributed by atoms with Crippen molar-refractivity contribution >= 4 is 28.7 Å². The van der Waals surface area contributed by atoms with Gasteiger partial charge in [-0.1, -0.05) is 6.07 Å². The highest BCUT2D eigenvalue weighted by atomic mass is 32.1. The average molecular weight is 411 g/mol. The molecule has 0 spiro atoms. The molecule has 3 rings (SSSR count). The van der Waals surface area contributed by atoms with Crippen molar-refractivity contribution in [2.45, 2.75) is 6.36 Å². The zero-order valence-electron chi connectivity index (χ0n) is 15.2. The molecule has 0 unspecified atom stereocenters. The predicted octanol–water partition coefficient (Wildman–Crippen LogP) is 4.11. The molecule has 5 nitrogen and oxygen atoms in total. The van der Waals surface area contributed by atoms with Gasteiger partial charge in [-0.2, -0.15) is 0 Å². The van der Waals surface area contributed by atoms with Gasteiger partial charge in [0.2, 0.25) is 0 Å². The smallest absolute Gasteiger partial charge is 0.497 e. The van der Waals surface area contributed by atoms with Crippen molar-refractivity contribution in [1.82, 2.24) is 4.90 Å². The quantitative estimate of drug-likeness (QED) is 0.764. The SMILES string of the molecule is COc1cccc(N2CCN(C(=S)Nc3ccc(OC(F)(F)F)cc3)CC2)c1. The molecule has 0 bridgehead atoms. The molecular formula is C19H20F3N3O2S. The van der Waals surface area contributed by atoms with E-state index in [0.29, 0.717) is 10.8 Å². The van der Waals surface area contributed by atoms with Crippen LogP contribution < -0.4 is 19.7 Å². The van der Waals surface area contributed by atoms with E-state index in [2.05, 4.69) is 15.0 Å². The van der Waals surface area contributed by atoms with Gasteiger partial charge in [0.15, 0.2) is 5.11 Å². The van der Waals surface area contributed by atoms with Gasteiger partial charge in [-0.3, -0.25) is 0 Å². The van der Waals surface area contributed by atoms with Gasteiger partial charge in [0.25, 0.3) is 0 Å². The third-order valence-corrected chi connectivity index (χ3v) is 4.68. The second kappa shape index (κ2) is 8.55. The molecule has 150 valence electrons. The van der Waals surface area contributed by atoms with Gasteiger partial charge >= 0.3 is 6.36 Å². The van der Waals surface area contributed by atoms with E-state index in [1.807, 2.05) is 29.2 Å². The molecule has 0 atom stereocenters. The summed E-state index contributed by atoms with van der Waals surface area (Å²) < 4.78 is 45.8. The Kier molecular flexibility index (Phi) is 6.13. The standard InChI is InChI=1S/C19H20F3N3O2S/c1-26-17-4-2-3-15(13-17)24-9-11-25(12-10-24)18(28)23-14-5-7-16(8-6-14)27-19(20,21)22/h2-8,13H,9-12H2,1H3,(H,23,28). The Bertz CT molecular complexity index is 807. The highest BCUT2D eigenvalue weighted by Crippen LogP contribution is 2.25. The van der Waals surface area contributed by atoms with Crippen LogP contribution in [0.15, 0.2) is 48.5 Å². The minimum atomic E-state index is -4.70. The Morgan fingerprint density at radius 1 is 1.00 bits per heavy atom. The molecule has 2 aromatic rings. The van der Waals surface area contributed by atoms with E-state index >= 15 is 0 Å². The summed E-state index contributed by atoms with van der Waals surface area (Å²) in [4.78, 5) is 4.29. The summed E-state index contributed by atoms with van der Waals surface area (Å²) in [5.74, 6) is 0.547. The fourth-order valence-corrected chi connectivity index (χ4v) is 3.22. The lowest BCUT2D eigenvalue weighted by Crippen LogP contribution is -2.50. The van der Waals surface area contributed by atoms with Crippen LogP contribution in [-0.2, 0) is 0 Å². The average Bonchev–Trinajstić information content (AvgIpc) is 2.68. The number of methoxy groups -OCH3 is 1. The molecule has 9 heteroatoms. The summed E-state index contributed by atoms with van der Waals surface area (Å²) in [7, 11) is 1.64. The van der Waals surface area contributed by atoms with Crippen LogP contribution in [0.5, 0.6) is 11.5 Å². The van der Waals surface area contributed by atoms with Crippen LogP contribution in [0, 0.1) is 0 Å². The van der Waals surface area contributed by atoms with Gasteiger partial charge in [0.05, 0.1) is 7.11 Å². The fourth-order valence-electron chi connectivity index (χ4n) is 2.92. The van der Waals surface area contributed by atoms with E-state index < -0.39 is 6.36 Å². The van der Waals surface area contributed by atoms with E-state index in [1.165, 1.54) is 24.3 Å². The van der Waals surface area contributed by atoms with Crippen molar-refractivity contribution in [2.75, 3.05) is 43.5 Å². The third-order valence-electron chi connectivity index (χ3n) is 4.32. The van der Waals surface area contributed by atoms with Crippen LogP contribution in [0.4, 0.5) is 24.5 Å². The van der Waals surface area contributed by atoms with Gasteiger partial charge in [-0.25, -0.2) is 0 Å². The van der Waals surface area contributed by atoms with Crippen molar-refractivity contribution in [1.29, 1.82) is 0 Å². The maximum Gasteiger partial charge on any atom is 0.573 e. The van der Waals surface area contributed by atoms with Crippen molar-refractivity contribution in [3.05, 3.63) is 48.5 Å². The number of nitrogens with one attached hydrogen (secondary N) is 1. The number of halogens is 3. The maximum absolute atomic E-state index is 12.2. The van der Waals surface area contributed by atoms with Crippen LogP contribution in [0.3, 0.4) is 0 Å². The van der Waals surface area contributed by atoms with Gasteiger partial charge in [0.1, 0.15) is 11.5 Å². The van der Waals surface area contributed by atoms with E-state index in [0.717, 1.165) is 37.6 Å². The number of anilines is 2. The zero-order valence-corrected chi connectivity index (χ0v) is 16.0. The van der Waals surface area contributed by atoms with Gasteiger partial charge in [-0.15, -0.1) is 13.2 Å². The largest absolute Gasteiger partial charge is 0.573 e. The summed E-state index contributed by atoms with van der Waals surface area (Å²) in [5, 5.41) is 3.59.